The smallest absolute Gasteiger partial charge is 0.234 e. The Bertz CT molecular complexity index is 875. The number of hydrogen-bond acceptors (Lipinski definition) is 4. The summed E-state index contributed by atoms with van der Waals surface area (Å²) in [5, 5.41) is 13.6. The summed E-state index contributed by atoms with van der Waals surface area (Å²) in [4.78, 5) is 17.0. The number of nitrogens with one attached hydrogen (secondary N) is 1. The molecule has 1 aliphatic carbocycles. The van der Waals surface area contributed by atoms with E-state index in [1.807, 2.05) is 6.07 Å². The minimum atomic E-state index is -0.243. The molecule has 0 bridgehead atoms. The number of carbonyl (C=O) groups is 1. The monoisotopic (exact) mass is 419 g/mol. The van der Waals surface area contributed by atoms with E-state index in [0.29, 0.717) is 26.3 Å². The van der Waals surface area contributed by atoms with Crippen molar-refractivity contribution in [3.63, 3.8) is 0 Å². The number of para-hydroxylation sites is 1. The lowest BCUT2D eigenvalue weighted by atomic mass is 9.96. The molecule has 7 heteroatoms. The minimum absolute atomic E-state index is 0.127. The number of rotatable bonds is 4. The number of fused-ring (bicyclic) bond motifs is 1. The molecule has 1 amide bonds. The highest BCUT2D eigenvalue weighted by Gasteiger charge is 2.16. The van der Waals surface area contributed by atoms with Gasteiger partial charge in [0.05, 0.1) is 27.0 Å². The van der Waals surface area contributed by atoms with Crippen LogP contribution < -0.4 is 5.32 Å². The number of carbonyl (C=O) groups excluding carboxylic acids is 1. The van der Waals surface area contributed by atoms with Gasteiger partial charge in [-0.15, -0.1) is 0 Å². The summed E-state index contributed by atoms with van der Waals surface area (Å²) in [5.41, 5.74) is 3.16. The van der Waals surface area contributed by atoms with Crippen LogP contribution >= 0.6 is 35.0 Å². The van der Waals surface area contributed by atoms with Crippen LogP contribution in [0, 0.1) is 11.3 Å². The van der Waals surface area contributed by atoms with Crippen LogP contribution in [0.1, 0.15) is 42.5 Å². The molecule has 0 saturated heterocycles. The largest absolute Gasteiger partial charge is 0.323 e. The van der Waals surface area contributed by atoms with Crippen LogP contribution in [0.25, 0.3) is 0 Å². The molecule has 0 radical (unpaired) electrons. The molecule has 1 aromatic heterocycles. The second-order valence-corrected chi connectivity index (χ2v) is 8.18. The number of halogens is 2. The number of benzene rings is 1. The van der Waals surface area contributed by atoms with E-state index in [1.54, 1.807) is 18.2 Å². The topological polar surface area (TPSA) is 65.8 Å². The third-order valence-electron chi connectivity index (χ3n) is 4.45. The zero-order valence-electron chi connectivity index (χ0n) is 14.7. The molecule has 0 saturated carbocycles. The Morgan fingerprint density at radius 1 is 1.19 bits per heavy atom. The third kappa shape index (κ3) is 5.16. The number of aryl methyl sites for hydroxylation is 2. The van der Waals surface area contributed by atoms with Crippen LogP contribution in [-0.4, -0.2) is 16.6 Å². The third-order valence-corrected chi connectivity index (χ3v) is 6.07. The molecule has 0 aliphatic heterocycles. The summed E-state index contributed by atoms with van der Waals surface area (Å²) in [6.45, 7) is 0. The predicted octanol–water partition coefficient (Wildman–Crippen LogP) is 5.65. The molecule has 1 heterocycles. The Hall–Kier alpha value is -1.74. The molecule has 0 unspecified atom stereocenters. The van der Waals surface area contributed by atoms with Gasteiger partial charge >= 0.3 is 0 Å². The lowest BCUT2D eigenvalue weighted by Crippen LogP contribution is -2.15. The van der Waals surface area contributed by atoms with Crippen LogP contribution in [0.15, 0.2) is 29.3 Å². The van der Waals surface area contributed by atoms with Crippen LogP contribution in [0.2, 0.25) is 10.0 Å². The summed E-state index contributed by atoms with van der Waals surface area (Å²) >= 11 is 13.4. The van der Waals surface area contributed by atoms with Crippen molar-refractivity contribution in [2.75, 3.05) is 11.1 Å². The first-order chi connectivity index (χ1) is 13.1. The van der Waals surface area contributed by atoms with Gasteiger partial charge in [-0.2, -0.15) is 5.26 Å². The van der Waals surface area contributed by atoms with Gasteiger partial charge in [0.15, 0.2) is 0 Å². The summed E-state index contributed by atoms with van der Waals surface area (Å²) in [7, 11) is 0. The predicted molar refractivity (Wildman–Crippen MR) is 111 cm³/mol. The molecule has 0 atom stereocenters. The molecule has 1 N–H and O–H groups in total. The van der Waals surface area contributed by atoms with Crippen molar-refractivity contribution in [3.8, 4) is 6.07 Å². The van der Waals surface area contributed by atoms with Crippen LogP contribution in [0.3, 0.4) is 0 Å². The maximum absolute atomic E-state index is 12.3. The maximum Gasteiger partial charge on any atom is 0.234 e. The van der Waals surface area contributed by atoms with E-state index in [4.69, 9.17) is 28.2 Å². The molecule has 140 valence electrons. The second kappa shape index (κ2) is 9.45. The van der Waals surface area contributed by atoms with Crippen molar-refractivity contribution < 1.29 is 4.79 Å². The Labute approximate surface area is 173 Å². The highest BCUT2D eigenvalue weighted by molar-refractivity contribution is 8.00. The zero-order valence-corrected chi connectivity index (χ0v) is 17.1. The van der Waals surface area contributed by atoms with E-state index in [-0.39, 0.29) is 11.7 Å². The minimum Gasteiger partial charge on any atom is -0.323 e. The number of nitrogens with zero attached hydrogens (tertiary/aromatic N) is 2. The van der Waals surface area contributed by atoms with Gasteiger partial charge in [-0.25, -0.2) is 4.98 Å². The molecular formula is C20H19Cl2N3OS. The number of hydrogen-bond donors (Lipinski definition) is 1. The SMILES string of the molecule is N#Cc1cc2c(nc1SCC(=O)Nc1c(Cl)cccc1Cl)CCCCCC2. The standard InChI is InChI=1S/C20H19Cl2N3OS/c21-15-7-5-8-16(22)19(15)25-18(26)12-27-20-14(11-23)10-13-6-3-1-2-4-9-17(13)24-20/h5,7-8,10H,1-4,6,9,12H2,(H,25,26). The summed E-state index contributed by atoms with van der Waals surface area (Å²) < 4.78 is 0. The molecule has 2 aromatic rings. The number of thioether (sulfide) groups is 1. The lowest BCUT2D eigenvalue weighted by molar-refractivity contribution is -0.113. The average Bonchev–Trinajstić information content (AvgIpc) is 2.63. The fraction of sp³-hybridized carbons (Fsp3) is 0.350. The maximum atomic E-state index is 12.3. The molecule has 3 rings (SSSR count). The molecule has 0 spiro atoms. The Morgan fingerprint density at radius 2 is 1.89 bits per heavy atom. The first-order valence-electron chi connectivity index (χ1n) is 8.88. The first kappa shape index (κ1) is 20.0. The van der Waals surface area contributed by atoms with Gasteiger partial charge in [-0.3, -0.25) is 4.79 Å². The van der Waals surface area contributed by atoms with Gasteiger partial charge in [-0.1, -0.05) is 53.9 Å². The zero-order chi connectivity index (χ0) is 19.2. The highest BCUT2D eigenvalue weighted by Crippen LogP contribution is 2.31. The van der Waals surface area contributed by atoms with Gasteiger partial charge in [0.1, 0.15) is 11.1 Å². The van der Waals surface area contributed by atoms with E-state index in [1.165, 1.54) is 30.2 Å². The van der Waals surface area contributed by atoms with E-state index >= 15 is 0 Å². The number of amides is 1. The van der Waals surface area contributed by atoms with E-state index in [2.05, 4.69) is 11.4 Å². The first-order valence-corrected chi connectivity index (χ1v) is 10.6. The van der Waals surface area contributed by atoms with Gasteiger partial charge in [0.2, 0.25) is 5.91 Å². The van der Waals surface area contributed by atoms with Gasteiger partial charge in [0.25, 0.3) is 0 Å². The Morgan fingerprint density at radius 3 is 2.59 bits per heavy atom. The van der Waals surface area contributed by atoms with Crippen molar-refractivity contribution in [3.05, 3.63) is 51.1 Å². The highest BCUT2D eigenvalue weighted by atomic mass is 35.5. The summed E-state index contributed by atoms with van der Waals surface area (Å²) in [6.07, 6.45) is 6.57. The van der Waals surface area contributed by atoms with Crippen LogP contribution in [0.4, 0.5) is 5.69 Å². The van der Waals surface area contributed by atoms with Crippen molar-refractivity contribution in [2.45, 2.75) is 43.6 Å². The van der Waals surface area contributed by atoms with E-state index < -0.39 is 0 Å². The summed E-state index contributed by atoms with van der Waals surface area (Å²) in [5.74, 6) is -0.116. The van der Waals surface area contributed by atoms with Crippen molar-refractivity contribution in [2.24, 2.45) is 0 Å². The summed E-state index contributed by atoms with van der Waals surface area (Å²) in [6, 6.07) is 9.21. The molecule has 27 heavy (non-hydrogen) atoms. The second-order valence-electron chi connectivity index (χ2n) is 6.41. The quantitative estimate of drug-likeness (QED) is 0.649. The lowest BCUT2D eigenvalue weighted by Gasteiger charge is -2.15. The van der Waals surface area contributed by atoms with Gasteiger partial charge < -0.3 is 5.32 Å². The molecule has 0 fully saturated rings. The van der Waals surface area contributed by atoms with Crippen molar-refractivity contribution in [1.29, 1.82) is 5.26 Å². The molecule has 1 aliphatic rings. The number of aromatic nitrogens is 1. The van der Waals surface area contributed by atoms with Crippen molar-refractivity contribution in [1.82, 2.24) is 4.98 Å². The van der Waals surface area contributed by atoms with Crippen LogP contribution in [-0.2, 0) is 17.6 Å². The number of anilines is 1. The van der Waals surface area contributed by atoms with Crippen LogP contribution in [0.5, 0.6) is 0 Å². The van der Waals surface area contributed by atoms with Gasteiger partial charge in [-0.05, 0) is 49.4 Å². The van der Waals surface area contributed by atoms with Gasteiger partial charge in [0, 0.05) is 5.69 Å². The molecular weight excluding hydrogens is 401 g/mol. The number of pyridine rings is 1. The fourth-order valence-corrected chi connectivity index (χ4v) is 4.35. The Balaban J connectivity index is 1.72. The normalized spacial score (nSPS) is 13.8. The van der Waals surface area contributed by atoms with Crippen molar-refractivity contribution >= 4 is 46.6 Å². The molecule has 4 nitrogen and oxygen atoms in total. The Kier molecular flexibility index (Phi) is 7.01. The van der Waals surface area contributed by atoms with E-state index in [9.17, 15) is 10.1 Å². The van der Waals surface area contributed by atoms with E-state index in [0.717, 1.165) is 31.4 Å². The number of nitriles is 1. The molecule has 1 aromatic carbocycles. The fourth-order valence-electron chi connectivity index (χ4n) is 3.09. The average molecular weight is 420 g/mol.